The Hall–Kier alpha value is -0.830. The second-order valence-electron chi connectivity index (χ2n) is 2.89. The van der Waals surface area contributed by atoms with Gasteiger partial charge < -0.3 is 10.2 Å². The van der Waals surface area contributed by atoms with Crippen LogP contribution in [0.25, 0.3) is 0 Å². The number of aliphatic hydroxyl groups excluding tert-OH is 1. The summed E-state index contributed by atoms with van der Waals surface area (Å²) in [6.45, 7) is 0. The fourth-order valence-electron chi connectivity index (χ4n) is 1.75. The second-order valence-corrected chi connectivity index (χ2v) is 2.89. The van der Waals surface area contributed by atoms with E-state index >= 15 is 0 Å². The van der Waals surface area contributed by atoms with E-state index in [1.54, 1.807) is 12.2 Å². The minimum Gasteiger partial charge on any atom is -0.481 e. The highest BCUT2D eigenvalue weighted by Crippen LogP contribution is 2.53. The molecule has 0 spiro atoms. The van der Waals surface area contributed by atoms with Crippen molar-refractivity contribution >= 4 is 5.97 Å². The van der Waals surface area contributed by atoms with Gasteiger partial charge in [0.25, 0.3) is 0 Å². The zero-order valence-corrected chi connectivity index (χ0v) is 5.27. The Morgan fingerprint density at radius 3 is 2.40 bits per heavy atom. The molecule has 0 radical (unpaired) electrons. The van der Waals surface area contributed by atoms with Gasteiger partial charge in [0.1, 0.15) is 0 Å². The van der Waals surface area contributed by atoms with Crippen molar-refractivity contribution in [2.45, 2.75) is 6.10 Å². The first-order chi connectivity index (χ1) is 4.72. The highest BCUT2D eigenvalue weighted by Gasteiger charge is 2.59. The largest absolute Gasteiger partial charge is 0.481 e. The number of hydrogen-bond acceptors (Lipinski definition) is 2. The summed E-state index contributed by atoms with van der Waals surface area (Å²) < 4.78 is 0. The molecule has 3 heteroatoms. The molecule has 0 aromatic carbocycles. The topological polar surface area (TPSA) is 57.5 Å². The Morgan fingerprint density at radius 2 is 2.10 bits per heavy atom. The van der Waals surface area contributed by atoms with Crippen molar-refractivity contribution in [1.82, 2.24) is 0 Å². The second kappa shape index (κ2) is 1.61. The van der Waals surface area contributed by atoms with E-state index in [0.29, 0.717) is 0 Å². The zero-order chi connectivity index (χ0) is 7.30. The van der Waals surface area contributed by atoms with Crippen LogP contribution in [0, 0.1) is 17.8 Å². The number of rotatable bonds is 1. The van der Waals surface area contributed by atoms with Crippen molar-refractivity contribution in [3.63, 3.8) is 0 Å². The molecule has 0 heterocycles. The Morgan fingerprint density at radius 1 is 1.40 bits per heavy atom. The number of carboxylic acid groups (broad SMARTS) is 1. The van der Waals surface area contributed by atoms with E-state index in [4.69, 9.17) is 10.2 Å². The van der Waals surface area contributed by atoms with Crippen molar-refractivity contribution in [3.8, 4) is 0 Å². The van der Waals surface area contributed by atoms with Crippen LogP contribution in [-0.2, 0) is 4.79 Å². The van der Waals surface area contributed by atoms with Crippen molar-refractivity contribution in [2.75, 3.05) is 0 Å². The maximum absolute atomic E-state index is 10.4. The molecule has 0 aromatic rings. The highest BCUT2D eigenvalue weighted by molar-refractivity contribution is 5.75. The molecule has 0 unspecified atom stereocenters. The number of aliphatic carboxylic acids is 1. The number of carbonyl (C=O) groups is 1. The molecule has 2 aliphatic carbocycles. The van der Waals surface area contributed by atoms with Crippen LogP contribution >= 0.6 is 0 Å². The van der Waals surface area contributed by atoms with Gasteiger partial charge in [-0.2, -0.15) is 0 Å². The van der Waals surface area contributed by atoms with Crippen LogP contribution in [0.1, 0.15) is 0 Å². The molecule has 0 amide bonds. The van der Waals surface area contributed by atoms with Crippen LogP contribution in [0.2, 0.25) is 0 Å². The van der Waals surface area contributed by atoms with Crippen molar-refractivity contribution < 1.29 is 15.0 Å². The molecule has 0 aliphatic heterocycles. The summed E-state index contributed by atoms with van der Waals surface area (Å²) in [4.78, 5) is 10.4. The summed E-state index contributed by atoms with van der Waals surface area (Å²) in [5.74, 6) is -0.983. The summed E-state index contributed by atoms with van der Waals surface area (Å²) >= 11 is 0. The highest BCUT2D eigenvalue weighted by atomic mass is 16.4. The Kier molecular flexibility index (Phi) is 0.951. The van der Waals surface area contributed by atoms with E-state index in [1.807, 2.05) is 0 Å². The van der Waals surface area contributed by atoms with Crippen LogP contribution in [0.15, 0.2) is 12.2 Å². The molecule has 0 saturated heterocycles. The van der Waals surface area contributed by atoms with E-state index in [1.165, 1.54) is 0 Å². The van der Waals surface area contributed by atoms with Crippen LogP contribution in [0.5, 0.6) is 0 Å². The van der Waals surface area contributed by atoms with Gasteiger partial charge in [-0.25, -0.2) is 0 Å². The third-order valence-corrected chi connectivity index (χ3v) is 2.34. The summed E-state index contributed by atoms with van der Waals surface area (Å²) in [5, 5.41) is 17.6. The number of carboxylic acids is 1. The average Bonchev–Trinajstić information content (AvgIpc) is 2.48. The molecule has 3 nitrogen and oxygen atoms in total. The fraction of sp³-hybridized carbons (Fsp3) is 0.571. The lowest BCUT2D eigenvalue weighted by Crippen LogP contribution is -2.10. The molecule has 1 saturated carbocycles. The lowest BCUT2D eigenvalue weighted by atomic mass is 10.2. The Balaban J connectivity index is 2.12. The van der Waals surface area contributed by atoms with Crippen LogP contribution in [0.4, 0.5) is 0 Å². The van der Waals surface area contributed by atoms with Gasteiger partial charge >= 0.3 is 5.97 Å². The van der Waals surface area contributed by atoms with E-state index in [0.717, 1.165) is 0 Å². The SMILES string of the molecule is O=C(O)[C@H]1[C@H]2C=C[C@H](O)[C@H]21. The molecular formula is C7H8O3. The van der Waals surface area contributed by atoms with Crippen molar-refractivity contribution in [1.29, 1.82) is 0 Å². The Labute approximate surface area is 58.0 Å². The third kappa shape index (κ3) is 0.555. The first kappa shape index (κ1) is 5.92. The molecule has 0 aromatic heterocycles. The van der Waals surface area contributed by atoms with Crippen molar-refractivity contribution in [3.05, 3.63) is 12.2 Å². The van der Waals surface area contributed by atoms with E-state index in [-0.39, 0.29) is 17.8 Å². The summed E-state index contributed by atoms with van der Waals surface area (Å²) in [7, 11) is 0. The van der Waals surface area contributed by atoms with Crippen molar-refractivity contribution in [2.24, 2.45) is 17.8 Å². The molecular weight excluding hydrogens is 132 g/mol. The predicted octanol–water partition coefficient (Wildman–Crippen LogP) is -0.136. The van der Waals surface area contributed by atoms with Crippen LogP contribution in [0.3, 0.4) is 0 Å². The van der Waals surface area contributed by atoms with E-state index in [9.17, 15) is 4.79 Å². The molecule has 10 heavy (non-hydrogen) atoms. The summed E-state index contributed by atoms with van der Waals surface area (Å²) in [5.41, 5.74) is 0. The van der Waals surface area contributed by atoms with Gasteiger partial charge in [0.05, 0.1) is 12.0 Å². The number of fused-ring (bicyclic) bond motifs is 1. The fourth-order valence-corrected chi connectivity index (χ4v) is 1.75. The third-order valence-electron chi connectivity index (χ3n) is 2.34. The normalized spacial score (nSPS) is 48.9. The molecule has 2 rings (SSSR count). The zero-order valence-electron chi connectivity index (χ0n) is 5.27. The van der Waals surface area contributed by atoms with E-state index in [2.05, 4.69) is 0 Å². The lowest BCUT2D eigenvalue weighted by Gasteiger charge is -1.98. The van der Waals surface area contributed by atoms with Gasteiger partial charge in [-0.15, -0.1) is 0 Å². The first-order valence-corrected chi connectivity index (χ1v) is 3.31. The maximum atomic E-state index is 10.4. The average molecular weight is 140 g/mol. The molecule has 54 valence electrons. The quantitative estimate of drug-likeness (QED) is 0.498. The minimum atomic E-state index is -0.779. The predicted molar refractivity (Wildman–Crippen MR) is 33.3 cm³/mol. The standard InChI is InChI=1S/C7H8O3/c8-4-2-1-3-5(4)6(3)7(9)10/h1-6,8H,(H,9,10)/t3-,4-,5-,6-/m0/s1. The van der Waals surface area contributed by atoms with Gasteiger partial charge in [-0.3, -0.25) is 4.79 Å². The van der Waals surface area contributed by atoms with Gasteiger partial charge in [0, 0.05) is 5.92 Å². The van der Waals surface area contributed by atoms with Gasteiger partial charge in [0.2, 0.25) is 0 Å². The monoisotopic (exact) mass is 140 g/mol. The maximum Gasteiger partial charge on any atom is 0.307 e. The number of aliphatic hydroxyl groups is 1. The lowest BCUT2D eigenvalue weighted by molar-refractivity contribution is -0.139. The Bertz CT molecular complexity index is 209. The van der Waals surface area contributed by atoms with Crippen LogP contribution < -0.4 is 0 Å². The number of hydrogen-bond donors (Lipinski definition) is 2. The molecule has 4 atom stereocenters. The first-order valence-electron chi connectivity index (χ1n) is 3.31. The summed E-state index contributed by atoms with van der Waals surface area (Å²) in [6, 6.07) is 0. The van der Waals surface area contributed by atoms with E-state index < -0.39 is 12.1 Å². The van der Waals surface area contributed by atoms with Gasteiger partial charge in [-0.05, 0) is 5.92 Å². The molecule has 2 aliphatic rings. The minimum absolute atomic E-state index is 0.0162. The molecule has 1 fully saturated rings. The summed E-state index contributed by atoms with van der Waals surface area (Å²) in [6.07, 6.45) is 2.97. The van der Waals surface area contributed by atoms with Gasteiger partial charge in [-0.1, -0.05) is 12.2 Å². The van der Waals surface area contributed by atoms with Gasteiger partial charge in [0.15, 0.2) is 0 Å². The molecule has 0 bridgehead atoms. The molecule has 2 N–H and O–H groups in total. The van der Waals surface area contributed by atoms with Crippen LogP contribution in [-0.4, -0.2) is 22.3 Å². The number of allylic oxidation sites excluding steroid dienone is 1. The smallest absolute Gasteiger partial charge is 0.307 e.